The first-order valence-electron chi connectivity index (χ1n) is 3.43. The van der Waals surface area contributed by atoms with E-state index in [4.69, 9.17) is 17.3 Å². The lowest BCUT2D eigenvalue weighted by Crippen LogP contribution is -2.01. The zero-order chi connectivity index (χ0) is 8.43. The molecule has 11 heavy (non-hydrogen) atoms. The minimum atomic E-state index is 0.248. The van der Waals surface area contributed by atoms with Crippen LogP contribution in [0.4, 0.5) is 5.95 Å². The zero-order valence-corrected chi connectivity index (χ0v) is 7.31. The number of anilines is 1. The molecule has 0 radical (unpaired) electrons. The number of aryl methyl sites for hydroxylation is 1. The highest BCUT2D eigenvalue weighted by Gasteiger charge is 2.04. The van der Waals surface area contributed by atoms with Crippen molar-refractivity contribution in [2.75, 3.05) is 5.73 Å². The van der Waals surface area contributed by atoms with Crippen molar-refractivity contribution in [3.05, 3.63) is 16.4 Å². The van der Waals surface area contributed by atoms with E-state index >= 15 is 0 Å². The molecule has 60 valence electrons. The highest BCUT2D eigenvalue weighted by molar-refractivity contribution is 6.30. The van der Waals surface area contributed by atoms with Crippen LogP contribution >= 0.6 is 11.6 Å². The quantitative estimate of drug-likeness (QED) is 0.653. The van der Waals surface area contributed by atoms with Crippen LogP contribution in [-0.2, 0) is 6.42 Å². The van der Waals surface area contributed by atoms with Gasteiger partial charge in [-0.2, -0.15) is 0 Å². The molecule has 0 bridgehead atoms. The lowest BCUT2D eigenvalue weighted by molar-refractivity contribution is 0.980. The second-order valence-corrected chi connectivity index (χ2v) is 2.66. The van der Waals surface area contributed by atoms with E-state index < -0.39 is 0 Å². The van der Waals surface area contributed by atoms with Gasteiger partial charge in [0.1, 0.15) is 5.15 Å². The molecule has 0 saturated heterocycles. The van der Waals surface area contributed by atoms with E-state index in [9.17, 15) is 0 Å². The minimum Gasteiger partial charge on any atom is -0.368 e. The molecule has 0 saturated carbocycles. The largest absolute Gasteiger partial charge is 0.368 e. The van der Waals surface area contributed by atoms with Crippen molar-refractivity contribution >= 4 is 17.5 Å². The average molecular weight is 172 g/mol. The van der Waals surface area contributed by atoms with Crippen LogP contribution in [0.1, 0.15) is 18.2 Å². The summed E-state index contributed by atoms with van der Waals surface area (Å²) in [6.45, 7) is 3.89. The third kappa shape index (κ3) is 1.60. The van der Waals surface area contributed by atoms with E-state index in [1.807, 2.05) is 13.8 Å². The Morgan fingerprint density at radius 2 is 2.09 bits per heavy atom. The fourth-order valence-corrected chi connectivity index (χ4v) is 1.09. The summed E-state index contributed by atoms with van der Waals surface area (Å²) in [4.78, 5) is 7.85. The van der Waals surface area contributed by atoms with Crippen molar-refractivity contribution in [3.8, 4) is 0 Å². The van der Waals surface area contributed by atoms with Gasteiger partial charge in [-0.25, -0.2) is 9.97 Å². The van der Waals surface area contributed by atoms with Gasteiger partial charge < -0.3 is 5.73 Å². The van der Waals surface area contributed by atoms with Crippen LogP contribution in [0.5, 0.6) is 0 Å². The Hall–Kier alpha value is -0.830. The summed E-state index contributed by atoms with van der Waals surface area (Å²) < 4.78 is 0. The number of rotatable bonds is 1. The summed E-state index contributed by atoms with van der Waals surface area (Å²) in [6.07, 6.45) is 0.832. The molecule has 0 spiro atoms. The van der Waals surface area contributed by atoms with E-state index in [2.05, 4.69) is 9.97 Å². The summed E-state index contributed by atoms with van der Waals surface area (Å²) >= 11 is 5.77. The van der Waals surface area contributed by atoms with E-state index in [0.29, 0.717) is 5.15 Å². The predicted molar refractivity (Wildman–Crippen MR) is 45.6 cm³/mol. The minimum absolute atomic E-state index is 0.248. The molecule has 1 rings (SSSR count). The normalized spacial score (nSPS) is 10.1. The second-order valence-electron chi connectivity index (χ2n) is 2.30. The van der Waals surface area contributed by atoms with E-state index in [0.717, 1.165) is 17.7 Å². The smallest absolute Gasteiger partial charge is 0.221 e. The van der Waals surface area contributed by atoms with Crippen LogP contribution in [0.2, 0.25) is 5.15 Å². The molecule has 3 nitrogen and oxygen atoms in total. The molecule has 0 aliphatic rings. The Bertz CT molecular complexity index is 273. The maximum absolute atomic E-state index is 5.77. The molecule has 0 amide bonds. The molecule has 0 aliphatic heterocycles. The van der Waals surface area contributed by atoms with Gasteiger partial charge >= 0.3 is 0 Å². The Labute approximate surface area is 70.6 Å². The Kier molecular flexibility index (Phi) is 2.29. The van der Waals surface area contributed by atoms with Gasteiger partial charge in [0, 0.05) is 5.56 Å². The van der Waals surface area contributed by atoms with Crippen molar-refractivity contribution in [1.29, 1.82) is 0 Å². The van der Waals surface area contributed by atoms with Gasteiger partial charge in [0.05, 0.1) is 5.69 Å². The van der Waals surface area contributed by atoms with Crippen molar-refractivity contribution in [2.24, 2.45) is 0 Å². The Morgan fingerprint density at radius 1 is 1.45 bits per heavy atom. The van der Waals surface area contributed by atoms with Gasteiger partial charge in [0.15, 0.2) is 0 Å². The van der Waals surface area contributed by atoms with Crippen LogP contribution < -0.4 is 5.73 Å². The van der Waals surface area contributed by atoms with Crippen LogP contribution in [0.3, 0.4) is 0 Å². The monoisotopic (exact) mass is 171 g/mol. The first-order valence-corrected chi connectivity index (χ1v) is 3.81. The second kappa shape index (κ2) is 3.05. The van der Waals surface area contributed by atoms with Gasteiger partial charge in [-0.1, -0.05) is 18.5 Å². The third-order valence-electron chi connectivity index (χ3n) is 1.54. The molecular weight excluding hydrogens is 162 g/mol. The van der Waals surface area contributed by atoms with Crippen LogP contribution in [0, 0.1) is 6.92 Å². The van der Waals surface area contributed by atoms with Crippen LogP contribution in [0.15, 0.2) is 0 Å². The number of nitrogens with two attached hydrogens (primary N) is 1. The molecule has 0 unspecified atom stereocenters. The van der Waals surface area contributed by atoms with Crippen LogP contribution in [-0.4, -0.2) is 9.97 Å². The standard InChI is InChI=1S/C7H10ClN3/c1-3-5-4(2)6(8)11-7(9)10-5/h3H2,1-2H3,(H2,9,10,11). The highest BCUT2D eigenvalue weighted by Crippen LogP contribution is 2.16. The predicted octanol–water partition coefficient (Wildman–Crippen LogP) is 1.58. The number of nitrogens with zero attached hydrogens (tertiary/aromatic N) is 2. The summed E-state index contributed by atoms with van der Waals surface area (Å²) in [5, 5.41) is 0.453. The summed E-state index contributed by atoms with van der Waals surface area (Å²) in [5.74, 6) is 0.248. The molecule has 1 aromatic heterocycles. The van der Waals surface area contributed by atoms with Crippen LogP contribution in [0.25, 0.3) is 0 Å². The molecule has 0 fully saturated rings. The molecule has 0 aliphatic carbocycles. The van der Waals surface area contributed by atoms with Gasteiger partial charge in [-0.3, -0.25) is 0 Å². The molecule has 0 aromatic carbocycles. The van der Waals surface area contributed by atoms with Crippen molar-refractivity contribution in [2.45, 2.75) is 20.3 Å². The Morgan fingerprint density at radius 3 is 2.64 bits per heavy atom. The lowest BCUT2D eigenvalue weighted by atomic mass is 10.2. The number of hydrogen-bond donors (Lipinski definition) is 1. The Balaban J connectivity index is 3.24. The maximum atomic E-state index is 5.77. The van der Waals surface area contributed by atoms with Gasteiger partial charge in [0.2, 0.25) is 5.95 Å². The number of aromatic nitrogens is 2. The van der Waals surface area contributed by atoms with Crippen molar-refractivity contribution < 1.29 is 0 Å². The fraction of sp³-hybridized carbons (Fsp3) is 0.429. The average Bonchev–Trinajstić information content (AvgIpc) is 1.96. The van der Waals surface area contributed by atoms with E-state index in [-0.39, 0.29) is 5.95 Å². The van der Waals surface area contributed by atoms with Crippen molar-refractivity contribution in [3.63, 3.8) is 0 Å². The molecule has 0 atom stereocenters. The first kappa shape index (κ1) is 8.27. The van der Waals surface area contributed by atoms with E-state index in [1.54, 1.807) is 0 Å². The van der Waals surface area contributed by atoms with Gasteiger partial charge in [0.25, 0.3) is 0 Å². The lowest BCUT2D eigenvalue weighted by Gasteiger charge is -2.03. The summed E-state index contributed by atoms with van der Waals surface area (Å²) in [6, 6.07) is 0. The number of halogens is 1. The fourth-order valence-electron chi connectivity index (χ4n) is 0.895. The van der Waals surface area contributed by atoms with Gasteiger partial charge in [-0.15, -0.1) is 0 Å². The first-order chi connectivity index (χ1) is 5.15. The molecular formula is C7H10ClN3. The molecule has 1 heterocycles. The number of nitrogen functional groups attached to an aromatic ring is 1. The molecule has 4 heteroatoms. The molecule has 1 aromatic rings. The topological polar surface area (TPSA) is 51.8 Å². The summed E-state index contributed by atoms with van der Waals surface area (Å²) in [5.41, 5.74) is 7.24. The third-order valence-corrected chi connectivity index (χ3v) is 1.91. The zero-order valence-electron chi connectivity index (χ0n) is 6.56. The van der Waals surface area contributed by atoms with Crippen molar-refractivity contribution in [1.82, 2.24) is 9.97 Å². The highest BCUT2D eigenvalue weighted by atomic mass is 35.5. The number of hydrogen-bond acceptors (Lipinski definition) is 3. The SMILES string of the molecule is CCc1nc(N)nc(Cl)c1C. The van der Waals surface area contributed by atoms with Gasteiger partial charge in [-0.05, 0) is 13.3 Å². The maximum Gasteiger partial charge on any atom is 0.221 e. The molecule has 2 N–H and O–H groups in total. The van der Waals surface area contributed by atoms with E-state index in [1.165, 1.54) is 0 Å². The summed E-state index contributed by atoms with van der Waals surface area (Å²) in [7, 11) is 0.